The molecule has 1 heterocycles. The summed E-state index contributed by atoms with van der Waals surface area (Å²) in [5.74, 6) is 0.324. The molecule has 0 radical (unpaired) electrons. The van der Waals surface area contributed by atoms with E-state index in [2.05, 4.69) is 53.4 Å². The van der Waals surface area contributed by atoms with Crippen molar-refractivity contribution in [2.45, 2.75) is 79.7 Å². The van der Waals surface area contributed by atoms with Crippen LogP contribution in [0.5, 0.6) is 0 Å². The molecule has 1 rings (SSSR count). The van der Waals surface area contributed by atoms with Crippen molar-refractivity contribution in [2.24, 2.45) is 10.8 Å². The largest absolute Gasteiger partial charge is 0.338 e. The molecule has 0 aromatic heterocycles. The van der Waals surface area contributed by atoms with Crippen molar-refractivity contribution in [1.82, 2.24) is 4.90 Å². The zero-order chi connectivity index (χ0) is 14.2. The molecule has 1 amide bonds. The number of amides is 1. The highest BCUT2D eigenvalue weighted by molar-refractivity contribution is 5.77. The van der Waals surface area contributed by atoms with Gasteiger partial charge in [-0.25, -0.2) is 0 Å². The molecule has 0 spiro atoms. The predicted octanol–water partition coefficient (Wildman–Crippen LogP) is 4.24. The maximum Gasteiger partial charge on any atom is 0.223 e. The van der Waals surface area contributed by atoms with Gasteiger partial charge < -0.3 is 4.90 Å². The highest BCUT2D eigenvalue weighted by Gasteiger charge is 2.39. The summed E-state index contributed by atoms with van der Waals surface area (Å²) in [7, 11) is 0. The normalized spacial score (nSPS) is 23.6. The van der Waals surface area contributed by atoms with Gasteiger partial charge in [0.1, 0.15) is 0 Å². The molecule has 2 nitrogen and oxygen atoms in total. The Bertz CT molecular complexity index is 310. The molecule has 18 heavy (non-hydrogen) atoms. The lowest BCUT2D eigenvalue weighted by Gasteiger charge is -2.41. The van der Waals surface area contributed by atoms with Crippen LogP contribution in [0.1, 0.15) is 74.1 Å². The van der Waals surface area contributed by atoms with Crippen molar-refractivity contribution in [2.75, 3.05) is 6.54 Å². The number of hydrogen-bond acceptors (Lipinski definition) is 1. The minimum absolute atomic E-state index is 0.0116. The van der Waals surface area contributed by atoms with Crippen molar-refractivity contribution in [3.63, 3.8) is 0 Å². The first kappa shape index (κ1) is 15.5. The van der Waals surface area contributed by atoms with E-state index in [1.807, 2.05) is 0 Å². The van der Waals surface area contributed by atoms with Gasteiger partial charge in [-0.05, 0) is 43.9 Å². The summed E-state index contributed by atoms with van der Waals surface area (Å²) in [5.41, 5.74) is 0.414. The van der Waals surface area contributed by atoms with Crippen LogP contribution in [-0.4, -0.2) is 22.9 Å². The third-order valence-corrected chi connectivity index (χ3v) is 3.86. The van der Waals surface area contributed by atoms with E-state index < -0.39 is 0 Å². The van der Waals surface area contributed by atoms with Crippen LogP contribution in [0.25, 0.3) is 0 Å². The molecule has 0 unspecified atom stereocenters. The van der Waals surface area contributed by atoms with Crippen LogP contribution in [-0.2, 0) is 4.79 Å². The van der Waals surface area contributed by atoms with Gasteiger partial charge >= 0.3 is 0 Å². The summed E-state index contributed by atoms with van der Waals surface area (Å²) >= 11 is 0. The SMILES string of the molecule is CC(C)(C)CC(=O)N1CCCC(C)(C)CC1(C)C. The Labute approximate surface area is 113 Å². The lowest BCUT2D eigenvalue weighted by Crippen LogP contribution is -2.49. The summed E-state index contributed by atoms with van der Waals surface area (Å²) in [6, 6.07) is 0. The second-order valence-electron chi connectivity index (χ2n) is 8.54. The van der Waals surface area contributed by atoms with Gasteiger partial charge in [-0.1, -0.05) is 34.6 Å². The fourth-order valence-electron chi connectivity index (χ4n) is 3.38. The average Bonchev–Trinajstić information content (AvgIpc) is 2.15. The standard InChI is InChI=1S/C16H31NO/c1-14(2,3)11-13(18)17-10-8-9-15(4,5)12-16(17,6)7/h8-12H2,1-7H3. The molecule has 0 aliphatic carbocycles. The van der Waals surface area contributed by atoms with Crippen LogP contribution in [0.15, 0.2) is 0 Å². The zero-order valence-electron chi connectivity index (χ0n) is 13.4. The Hall–Kier alpha value is -0.530. The molecule has 1 fully saturated rings. The number of carbonyl (C=O) groups is 1. The zero-order valence-corrected chi connectivity index (χ0v) is 13.4. The molecule has 0 aromatic carbocycles. The number of rotatable bonds is 1. The monoisotopic (exact) mass is 253 g/mol. The van der Waals surface area contributed by atoms with Crippen molar-refractivity contribution in [3.05, 3.63) is 0 Å². The Balaban J connectivity index is 2.84. The number of likely N-dealkylation sites (tertiary alicyclic amines) is 1. The second kappa shape index (κ2) is 4.86. The van der Waals surface area contributed by atoms with Gasteiger partial charge in [-0.2, -0.15) is 0 Å². The van der Waals surface area contributed by atoms with Crippen LogP contribution in [0, 0.1) is 10.8 Å². The van der Waals surface area contributed by atoms with E-state index in [1.165, 1.54) is 6.42 Å². The van der Waals surface area contributed by atoms with E-state index in [-0.39, 0.29) is 11.0 Å². The van der Waals surface area contributed by atoms with Gasteiger partial charge in [0.05, 0.1) is 0 Å². The summed E-state index contributed by atoms with van der Waals surface area (Å²) in [5, 5.41) is 0. The first-order valence-electron chi connectivity index (χ1n) is 7.24. The molecule has 2 heteroatoms. The molecule has 0 bridgehead atoms. The Morgan fingerprint density at radius 2 is 1.72 bits per heavy atom. The van der Waals surface area contributed by atoms with Crippen molar-refractivity contribution < 1.29 is 4.79 Å². The molecule has 0 atom stereocenters. The van der Waals surface area contributed by atoms with E-state index in [4.69, 9.17) is 0 Å². The summed E-state index contributed by atoms with van der Waals surface area (Å²) in [6.45, 7) is 16.4. The van der Waals surface area contributed by atoms with Crippen molar-refractivity contribution in [1.29, 1.82) is 0 Å². The van der Waals surface area contributed by atoms with Crippen molar-refractivity contribution in [3.8, 4) is 0 Å². The van der Waals surface area contributed by atoms with Gasteiger partial charge in [0.2, 0.25) is 5.91 Å². The molecular formula is C16H31NO. The number of hydrogen-bond donors (Lipinski definition) is 0. The molecule has 1 aliphatic heterocycles. The summed E-state index contributed by atoms with van der Waals surface area (Å²) < 4.78 is 0. The molecular weight excluding hydrogens is 222 g/mol. The molecule has 106 valence electrons. The van der Waals surface area contributed by atoms with Gasteiger partial charge in [0.25, 0.3) is 0 Å². The maximum absolute atomic E-state index is 12.5. The van der Waals surface area contributed by atoms with Crippen LogP contribution >= 0.6 is 0 Å². The fraction of sp³-hybridized carbons (Fsp3) is 0.938. The number of nitrogens with zero attached hydrogens (tertiary/aromatic N) is 1. The minimum Gasteiger partial charge on any atom is -0.338 e. The first-order chi connectivity index (χ1) is 7.93. The molecule has 1 aliphatic rings. The fourth-order valence-corrected chi connectivity index (χ4v) is 3.38. The van der Waals surface area contributed by atoms with Crippen LogP contribution in [0.3, 0.4) is 0 Å². The molecule has 0 saturated carbocycles. The maximum atomic E-state index is 12.5. The topological polar surface area (TPSA) is 20.3 Å². The Kier molecular flexibility index (Phi) is 4.19. The van der Waals surface area contributed by atoms with Gasteiger partial charge in [-0.3, -0.25) is 4.79 Å². The van der Waals surface area contributed by atoms with Gasteiger partial charge in [-0.15, -0.1) is 0 Å². The third-order valence-electron chi connectivity index (χ3n) is 3.86. The lowest BCUT2D eigenvalue weighted by atomic mass is 9.78. The van der Waals surface area contributed by atoms with E-state index in [9.17, 15) is 4.79 Å². The smallest absolute Gasteiger partial charge is 0.223 e. The average molecular weight is 253 g/mol. The van der Waals surface area contributed by atoms with E-state index in [0.717, 1.165) is 19.4 Å². The number of carbonyl (C=O) groups excluding carboxylic acids is 1. The van der Waals surface area contributed by atoms with Gasteiger partial charge in [0.15, 0.2) is 0 Å². The second-order valence-corrected chi connectivity index (χ2v) is 8.54. The minimum atomic E-state index is -0.0116. The third kappa shape index (κ3) is 4.29. The van der Waals surface area contributed by atoms with Gasteiger partial charge in [0, 0.05) is 18.5 Å². The van der Waals surface area contributed by atoms with E-state index in [0.29, 0.717) is 17.7 Å². The van der Waals surface area contributed by atoms with Crippen LogP contribution in [0.4, 0.5) is 0 Å². The Morgan fingerprint density at radius 3 is 2.22 bits per heavy atom. The van der Waals surface area contributed by atoms with E-state index in [1.54, 1.807) is 0 Å². The molecule has 1 saturated heterocycles. The Morgan fingerprint density at radius 1 is 1.17 bits per heavy atom. The lowest BCUT2D eigenvalue weighted by molar-refractivity contribution is -0.138. The highest BCUT2D eigenvalue weighted by atomic mass is 16.2. The summed E-state index contributed by atoms with van der Waals surface area (Å²) in [4.78, 5) is 14.7. The van der Waals surface area contributed by atoms with E-state index >= 15 is 0 Å². The van der Waals surface area contributed by atoms with Crippen LogP contribution < -0.4 is 0 Å². The highest BCUT2D eigenvalue weighted by Crippen LogP contribution is 2.39. The predicted molar refractivity (Wildman–Crippen MR) is 77.5 cm³/mol. The summed E-state index contributed by atoms with van der Waals surface area (Å²) in [6.07, 6.45) is 4.09. The van der Waals surface area contributed by atoms with Crippen LogP contribution in [0.2, 0.25) is 0 Å². The first-order valence-corrected chi connectivity index (χ1v) is 7.24. The quantitative estimate of drug-likeness (QED) is 0.684. The van der Waals surface area contributed by atoms with Crippen molar-refractivity contribution >= 4 is 5.91 Å². The molecule has 0 aromatic rings. The molecule has 0 N–H and O–H groups in total.